The van der Waals surface area contributed by atoms with Gasteiger partial charge in [-0.25, -0.2) is 0 Å². The van der Waals surface area contributed by atoms with Crippen LogP contribution >= 0.6 is 0 Å². The molecule has 26 heavy (non-hydrogen) atoms. The summed E-state index contributed by atoms with van der Waals surface area (Å²) in [6.45, 7) is 8.73. The highest BCUT2D eigenvalue weighted by Gasteiger charge is 2.11. The minimum absolute atomic E-state index is 0.270. The van der Waals surface area contributed by atoms with Gasteiger partial charge in [0.2, 0.25) is 0 Å². The SMILES string of the molecule is CCCCOC(=O)CC(=O)OCCCC.CCOC(=O)CC(=O)OCC. The molecule has 0 amide bonds. The van der Waals surface area contributed by atoms with E-state index in [1.165, 1.54) is 0 Å². The summed E-state index contributed by atoms with van der Waals surface area (Å²) in [6, 6.07) is 0. The molecule has 0 aromatic heterocycles. The lowest BCUT2D eigenvalue weighted by atomic mass is 10.3. The number of carbonyl (C=O) groups is 4. The summed E-state index contributed by atoms with van der Waals surface area (Å²) < 4.78 is 18.7. The summed E-state index contributed by atoms with van der Waals surface area (Å²) in [5, 5.41) is 0. The quantitative estimate of drug-likeness (QED) is 0.221. The molecule has 0 spiro atoms. The maximum atomic E-state index is 11.0. The van der Waals surface area contributed by atoms with Gasteiger partial charge >= 0.3 is 23.9 Å². The van der Waals surface area contributed by atoms with Gasteiger partial charge in [0, 0.05) is 0 Å². The molecule has 0 N–H and O–H groups in total. The van der Waals surface area contributed by atoms with Crippen LogP contribution in [0.1, 0.15) is 66.2 Å². The molecule has 0 atom stereocenters. The Labute approximate surface area is 155 Å². The molecule has 0 saturated heterocycles. The summed E-state index contributed by atoms with van der Waals surface area (Å²) in [5.74, 6) is -2.06. The van der Waals surface area contributed by atoms with Gasteiger partial charge in [-0.3, -0.25) is 19.2 Å². The Hall–Kier alpha value is -2.12. The van der Waals surface area contributed by atoms with Crippen molar-refractivity contribution in [3.05, 3.63) is 0 Å². The minimum atomic E-state index is -0.536. The van der Waals surface area contributed by atoms with E-state index >= 15 is 0 Å². The van der Waals surface area contributed by atoms with Gasteiger partial charge in [0.1, 0.15) is 12.8 Å². The van der Waals surface area contributed by atoms with E-state index in [1.807, 2.05) is 13.8 Å². The fourth-order valence-electron chi connectivity index (χ4n) is 1.42. The molecule has 8 nitrogen and oxygen atoms in total. The van der Waals surface area contributed by atoms with Crippen LogP contribution in [0.4, 0.5) is 0 Å². The smallest absolute Gasteiger partial charge is 0.317 e. The Morgan fingerprint density at radius 2 is 0.846 bits per heavy atom. The second-order valence-electron chi connectivity index (χ2n) is 5.11. The van der Waals surface area contributed by atoms with E-state index in [-0.39, 0.29) is 26.1 Å². The van der Waals surface area contributed by atoms with Crippen LogP contribution in [-0.2, 0) is 38.1 Å². The van der Waals surface area contributed by atoms with Gasteiger partial charge in [0.15, 0.2) is 0 Å². The van der Waals surface area contributed by atoms with Crippen molar-refractivity contribution in [1.82, 2.24) is 0 Å². The predicted molar refractivity (Wildman–Crippen MR) is 94.2 cm³/mol. The average molecular weight is 376 g/mol. The fraction of sp³-hybridized carbons (Fsp3) is 0.778. The third-order valence-electron chi connectivity index (χ3n) is 2.71. The van der Waals surface area contributed by atoms with Crippen LogP contribution in [0.15, 0.2) is 0 Å². The first kappa shape index (κ1) is 26.1. The lowest BCUT2D eigenvalue weighted by molar-refractivity contribution is -0.156. The maximum Gasteiger partial charge on any atom is 0.317 e. The summed E-state index contributed by atoms with van der Waals surface area (Å²) in [4.78, 5) is 43.3. The lowest BCUT2D eigenvalue weighted by Gasteiger charge is -2.04. The second-order valence-corrected chi connectivity index (χ2v) is 5.11. The Kier molecular flexibility index (Phi) is 19.3. The van der Waals surface area contributed by atoms with E-state index in [2.05, 4.69) is 9.47 Å². The van der Waals surface area contributed by atoms with Crippen molar-refractivity contribution in [3.63, 3.8) is 0 Å². The van der Waals surface area contributed by atoms with Gasteiger partial charge in [0.05, 0.1) is 26.4 Å². The predicted octanol–water partition coefficient (Wildman–Crippen LogP) is 2.57. The number of hydrogen-bond acceptors (Lipinski definition) is 8. The van der Waals surface area contributed by atoms with E-state index in [9.17, 15) is 19.2 Å². The van der Waals surface area contributed by atoms with E-state index in [0.29, 0.717) is 13.2 Å². The normalized spacial score (nSPS) is 9.38. The fourth-order valence-corrected chi connectivity index (χ4v) is 1.42. The van der Waals surface area contributed by atoms with Crippen LogP contribution in [0.2, 0.25) is 0 Å². The highest BCUT2D eigenvalue weighted by Crippen LogP contribution is 1.96. The van der Waals surface area contributed by atoms with E-state index < -0.39 is 23.9 Å². The molecule has 0 aromatic carbocycles. The molecule has 0 rings (SSSR count). The molecule has 0 aliphatic heterocycles. The Bertz CT molecular complexity index is 370. The molecule has 152 valence electrons. The Morgan fingerprint density at radius 3 is 1.12 bits per heavy atom. The third kappa shape index (κ3) is 19.9. The largest absolute Gasteiger partial charge is 0.466 e. The number of hydrogen-bond donors (Lipinski definition) is 0. The topological polar surface area (TPSA) is 105 Å². The van der Waals surface area contributed by atoms with Crippen LogP contribution in [0.5, 0.6) is 0 Å². The molecule has 0 aliphatic rings. The van der Waals surface area contributed by atoms with E-state index in [1.54, 1.807) is 13.8 Å². The van der Waals surface area contributed by atoms with Crippen LogP contribution in [-0.4, -0.2) is 50.3 Å². The molecule has 0 fully saturated rings. The number of unbranched alkanes of at least 4 members (excludes halogenated alkanes) is 2. The lowest BCUT2D eigenvalue weighted by Crippen LogP contribution is -2.14. The van der Waals surface area contributed by atoms with Crippen LogP contribution in [0, 0.1) is 0 Å². The van der Waals surface area contributed by atoms with Crippen LogP contribution in [0.25, 0.3) is 0 Å². The van der Waals surface area contributed by atoms with Gasteiger partial charge in [0.25, 0.3) is 0 Å². The van der Waals surface area contributed by atoms with Crippen molar-refractivity contribution in [1.29, 1.82) is 0 Å². The zero-order valence-electron chi connectivity index (χ0n) is 16.3. The zero-order chi connectivity index (χ0) is 20.2. The molecule has 8 heteroatoms. The standard InChI is InChI=1S/C11H20O4.C7H12O4/c1-3-5-7-14-10(12)9-11(13)15-8-6-4-2;1-3-10-6(8)5-7(9)11-4-2/h3-9H2,1-2H3;3-5H2,1-2H3. The third-order valence-corrected chi connectivity index (χ3v) is 2.71. The molecular formula is C18H32O8. The highest BCUT2D eigenvalue weighted by atomic mass is 16.6. The molecule has 0 radical (unpaired) electrons. The van der Waals surface area contributed by atoms with Gasteiger partial charge in [-0.2, -0.15) is 0 Å². The van der Waals surface area contributed by atoms with Gasteiger partial charge < -0.3 is 18.9 Å². The van der Waals surface area contributed by atoms with Crippen molar-refractivity contribution < 1.29 is 38.1 Å². The van der Waals surface area contributed by atoms with Gasteiger partial charge in [-0.15, -0.1) is 0 Å². The summed E-state index contributed by atoms with van der Waals surface area (Å²) in [5.41, 5.74) is 0. The first-order valence-electron chi connectivity index (χ1n) is 9.03. The van der Waals surface area contributed by atoms with E-state index in [0.717, 1.165) is 25.7 Å². The number of rotatable bonds is 12. The van der Waals surface area contributed by atoms with Gasteiger partial charge in [-0.05, 0) is 26.7 Å². The Balaban J connectivity index is 0. The molecular weight excluding hydrogens is 344 g/mol. The molecule has 0 aliphatic carbocycles. The highest BCUT2D eigenvalue weighted by molar-refractivity contribution is 5.91. The second kappa shape index (κ2) is 19.2. The zero-order valence-corrected chi connectivity index (χ0v) is 16.3. The van der Waals surface area contributed by atoms with Crippen molar-refractivity contribution in [3.8, 4) is 0 Å². The molecule has 0 heterocycles. The van der Waals surface area contributed by atoms with Crippen LogP contribution < -0.4 is 0 Å². The number of esters is 4. The average Bonchev–Trinajstić information content (AvgIpc) is 2.56. The van der Waals surface area contributed by atoms with Crippen molar-refractivity contribution in [2.24, 2.45) is 0 Å². The molecule has 0 aromatic rings. The maximum absolute atomic E-state index is 11.0. The minimum Gasteiger partial charge on any atom is -0.466 e. The van der Waals surface area contributed by atoms with Gasteiger partial charge in [-0.1, -0.05) is 26.7 Å². The molecule has 0 saturated carbocycles. The summed E-state index contributed by atoms with van der Waals surface area (Å²) >= 11 is 0. The number of carbonyl (C=O) groups excluding carboxylic acids is 4. The first-order chi connectivity index (χ1) is 12.4. The first-order valence-corrected chi connectivity index (χ1v) is 9.03. The number of ether oxygens (including phenoxy) is 4. The molecule has 0 unspecified atom stereocenters. The molecule has 0 bridgehead atoms. The van der Waals surface area contributed by atoms with Crippen molar-refractivity contribution in [2.75, 3.05) is 26.4 Å². The van der Waals surface area contributed by atoms with E-state index in [4.69, 9.17) is 9.47 Å². The van der Waals surface area contributed by atoms with Crippen molar-refractivity contribution >= 4 is 23.9 Å². The Morgan fingerprint density at radius 1 is 0.538 bits per heavy atom. The monoisotopic (exact) mass is 376 g/mol. The summed E-state index contributed by atoms with van der Waals surface area (Å²) in [6.07, 6.45) is 3.03. The van der Waals surface area contributed by atoms with Crippen molar-refractivity contribution in [2.45, 2.75) is 66.2 Å². The van der Waals surface area contributed by atoms with Crippen LogP contribution in [0.3, 0.4) is 0 Å². The summed E-state index contributed by atoms with van der Waals surface area (Å²) in [7, 11) is 0.